The van der Waals surface area contributed by atoms with E-state index in [1.165, 1.54) is 5.56 Å². The van der Waals surface area contributed by atoms with E-state index in [2.05, 4.69) is 29.7 Å². The Balaban J connectivity index is 1.95. The number of hydrogen-bond acceptors (Lipinski definition) is 4. The zero-order valence-corrected chi connectivity index (χ0v) is 13.9. The second-order valence-electron chi connectivity index (χ2n) is 6.03. The summed E-state index contributed by atoms with van der Waals surface area (Å²) in [6, 6.07) is 13.6. The van der Waals surface area contributed by atoms with Gasteiger partial charge in [0.2, 0.25) is 0 Å². The van der Waals surface area contributed by atoms with Crippen molar-refractivity contribution >= 4 is 11.7 Å². The molecule has 3 N–H and O–H groups in total. The predicted octanol–water partition coefficient (Wildman–Crippen LogP) is 2.97. The Hall–Kier alpha value is -2.53. The Labute approximate surface area is 141 Å². The van der Waals surface area contributed by atoms with Crippen LogP contribution < -0.4 is 15.4 Å². The second kappa shape index (κ2) is 6.93. The van der Waals surface area contributed by atoms with Gasteiger partial charge in [0.05, 0.1) is 12.8 Å². The number of aliphatic carboxylic acids is 1. The van der Waals surface area contributed by atoms with Gasteiger partial charge in [0.1, 0.15) is 11.8 Å². The highest BCUT2D eigenvalue weighted by Gasteiger charge is 2.27. The molecule has 0 aliphatic carbocycles. The van der Waals surface area contributed by atoms with Crippen LogP contribution in [0.3, 0.4) is 0 Å². The van der Waals surface area contributed by atoms with E-state index in [0.717, 1.165) is 22.6 Å². The van der Waals surface area contributed by atoms with Crippen LogP contribution in [-0.4, -0.2) is 24.2 Å². The standard InChI is InChI=1S/C19H22N2O3/c1-12(13-6-4-3-5-7-13)21-18-15-10-16(19(22)23)20-11-14(15)8-9-17(18)24-2/h3-9,12,16,20-21H,10-11H2,1-2H3,(H,22,23). The third-order valence-corrected chi connectivity index (χ3v) is 4.50. The lowest BCUT2D eigenvalue weighted by molar-refractivity contribution is -0.139. The van der Waals surface area contributed by atoms with E-state index in [1.54, 1.807) is 7.11 Å². The second-order valence-corrected chi connectivity index (χ2v) is 6.03. The first-order chi connectivity index (χ1) is 11.6. The van der Waals surface area contributed by atoms with E-state index < -0.39 is 12.0 Å². The van der Waals surface area contributed by atoms with Crippen molar-refractivity contribution in [1.29, 1.82) is 0 Å². The quantitative estimate of drug-likeness (QED) is 0.788. The molecule has 0 fully saturated rings. The van der Waals surface area contributed by atoms with Crippen molar-refractivity contribution in [3.05, 3.63) is 59.2 Å². The molecular formula is C19H22N2O3. The van der Waals surface area contributed by atoms with Gasteiger partial charge in [-0.3, -0.25) is 4.79 Å². The average Bonchev–Trinajstić information content (AvgIpc) is 2.62. The fourth-order valence-electron chi connectivity index (χ4n) is 3.12. The van der Waals surface area contributed by atoms with Crippen molar-refractivity contribution < 1.29 is 14.6 Å². The minimum Gasteiger partial charge on any atom is -0.495 e. The molecule has 5 nitrogen and oxygen atoms in total. The highest BCUT2D eigenvalue weighted by Crippen LogP contribution is 2.36. The number of methoxy groups -OCH3 is 1. The number of nitrogens with one attached hydrogen (secondary N) is 2. The van der Waals surface area contributed by atoms with Gasteiger partial charge in [-0.05, 0) is 29.7 Å². The molecule has 0 saturated heterocycles. The molecule has 126 valence electrons. The Kier molecular flexibility index (Phi) is 4.71. The van der Waals surface area contributed by atoms with Crippen LogP contribution >= 0.6 is 0 Å². The van der Waals surface area contributed by atoms with Gasteiger partial charge >= 0.3 is 5.97 Å². The van der Waals surface area contributed by atoms with Crippen LogP contribution in [0, 0.1) is 0 Å². The molecule has 1 aliphatic rings. The van der Waals surface area contributed by atoms with Crippen LogP contribution in [0.15, 0.2) is 42.5 Å². The average molecular weight is 326 g/mol. The molecule has 5 heteroatoms. The Morgan fingerprint density at radius 2 is 2.04 bits per heavy atom. The maximum atomic E-state index is 11.4. The number of carboxylic acid groups (broad SMARTS) is 1. The molecule has 24 heavy (non-hydrogen) atoms. The molecule has 3 rings (SSSR count). The maximum Gasteiger partial charge on any atom is 0.321 e. The van der Waals surface area contributed by atoms with Crippen molar-refractivity contribution in [1.82, 2.24) is 5.32 Å². The molecule has 1 aliphatic heterocycles. The van der Waals surface area contributed by atoms with Gasteiger partial charge < -0.3 is 20.5 Å². The molecule has 2 aromatic rings. The molecule has 2 atom stereocenters. The van der Waals surface area contributed by atoms with E-state index in [0.29, 0.717) is 13.0 Å². The number of carboxylic acids is 1. The number of rotatable bonds is 5. The first kappa shape index (κ1) is 16.3. The highest BCUT2D eigenvalue weighted by molar-refractivity contribution is 5.76. The van der Waals surface area contributed by atoms with Gasteiger partial charge in [0, 0.05) is 19.0 Å². The van der Waals surface area contributed by atoms with Gasteiger partial charge in [-0.1, -0.05) is 36.4 Å². The van der Waals surface area contributed by atoms with Crippen LogP contribution in [0.5, 0.6) is 5.75 Å². The lowest BCUT2D eigenvalue weighted by Crippen LogP contribution is -2.42. The summed E-state index contributed by atoms with van der Waals surface area (Å²) in [5.74, 6) is -0.0897. The topological polar surface area (TPSA) is 70.6 Å². The molecule has 1 heterocycles. The normalized spacial score (nSPS) is 17.7. The number of fused-ring (bicyclic) bond motifs is 1. The molecule has 2 unspecified atom stereocenters. The third-order valence-electron chi connectivity index (χ3n) is 4.50. The van der Waals surface area contributed by atoms with Crippen molar-refractivity contribution in [2.75, 3.05) is 12.4 Å². The molecule has 0 bridgehead atoms. The zero-order valence-electron chi connectivity index (χ0n) is 13.9. The minimum atomic E-state index is -0.828. The van der Waals surface area contributed by atoms with Crippen molar-refractivity contribution in [2.45, 2.75) is 32.0 Å². The van der Waals surface area contributed by atoms with Crippen LogP contribution in [0.1, 0.15) is 29.7 Å². The first-order valence-corrected chi connectivity index (χ1v) is 8.06. The molecular weight excluding hydrogens is 304 g/mol. The van der Waals surface area contributed by atoms with Crippen LogP contribution in [0.25, 0.3) is 0 Å². The Morgan fingerprint density at radius 3 is 2.71 bits per heavy atom. The van der Waals surface area contributed by atoms with Crippen molar-refractivity contribution in [2.24, 2.45) is 0 Å². The molecule has 0 aromatic heterocycles. The van der Waals surface area contributed by atoms with E-state index >= 15 is 0 Å². The summed E-state index contributed by atoms with van der Waals surface area (Å²) in [5, 5.41) is 15.9. The van der Waals surface area contributed by atoms with Crippen LogP contribution in [-0.2, 0) is 17.8 Å². The van der Waals surface area contributed by atoms with Gasteiger partial charge in [-0.15, -0.1) is 0 Å². The fraction of sp³-hybridized carbons (Fsp3) is 0.316. The van der Waals surface area contributed by atoms with E-state index in [-0.39, 0.29) is 6.04 Å². The van der Waals surface area contributed by atoms with Crippen LogP contribution in [0.2, 0.25) is 0 Å². The molecule has 0 radical (unpaired) electrons. The number of hydrogen-bond donors (Lipinski definition) is 3. The first-order valence-electron chi connectivity index (χ1n) is 8.06. The summed E-state index contributed by atoms with van der Waals surface area (Å²) in [5.41, 5.74) is 4.18. The summed E-state index contributed by atoms with van der Waals surface area (Å²) < 4.78 is 5.51. The molecule has 0 spiro atoms. The van der Waals surface area contributed by atoms with Gasteiger partial charge in [-0.2, -0.15) is 0 Å². The molecule has 2 aromatic carbocycles. The van der Waals surface area contributed by atoms with E-state index in [9.17, 15) is 9.90 Å². The monoisotopic (exact) mass is 326 g/mol. The molecule has 0 amide bonds. The predicted molar refractivity (Wildman–Crippen MR) is 93.4 cm³/mol. The van der Waals surface area contributed by atoms with Gasteiger partial charge in [0.15, 0.2) is 0 Å². The number of carbonyl (C=O) groups is 1. The molecule has 0 saturated carbocycles. The number of anilines is 1. The number of benzene rings is 2. The minimum absolute atomic E-state index is 0.0877. The van der Waals surface area contributed by atoms with E-state index in [1.807, 2.05) is 30.3 Å². The summed E-state index contributed by atoms with van der Waals surface area (Å²) in [4.78, 5) is 11.4. The Morgan fingerprint density at radius 1 is 1.29 bits per heavy atom. The SMILES string of the molecule is COc1ccc2c(c1NC(C)c1ccccc1)CC(C(=O)O)NC2. The summed E-state index contributed by atoms with van der Waals surface area (Å²) in [7, 11) is 1.63. The zero-order chi connectivity index (χ0) is 17.1. The summed E-state index contributed by atoms with van der Waals surface area (Å²) in [6.45, 7) is 2.63. The van der Waals surface area contributed by atoms with Crippen LogP contribution in [0.4, 0.5) is 5.69 Å². The lowest BCUT2D eigenvalue weighted by Gasteiger charge is -2.28. The van der Waals surface area contributed by atoms with Gasteiger partial charge in [0.25, 0.3) is 0 Å². The van der Waals surface area contributed by atoms with Crippen molar-refractivity contribution in [3.8, 4) is 5.75 Å². The largest absolute Gasteiger partial charge is 0.495 e. The smallest absolute Gasteiger partial charge is 0.321 e. The third kappa shape index (κ3) is 3.21. The van der Waals surface area contributed by atoms with E-state index in [4.69, 9.17) is 4.74 Å². The fourth-order valence-corrected chi connectivity index (χ4v) is 3.12. The highest BCUT2D eigenvalue weighted by atomic mass is 16.5. The Bertz CT molecular complexity index is 731. The summed E-state index contributed by atoms with van der Waals surface area (Å²) >= 11 is 0. The maximum absolute atomic E-state index is 11.4. The van der Waals surface area contributed by atoms with Crippen molar-refractivity contribution in [3.63, 3.8) is 0 Å². The number of ether oxygens (including phenoxy) is 1. The summed E-state index contributed by atoms with van der Waals surface area (Å²) in [6.07, 6.45) is 0.436. The van der Waals surface area contributed by atoms with Gasteiger partial charge in [-0.25, -0.2) is 0 Å². The lowest BCUT2D eigenvalue weighted by atomic mass is 9.93.